The Balaban J connectivity index is 3.26. The van der Waals surface area contributed by atoms with E-state index in [1.54, 1.807) is 19.1 Å². The lowest BCUT2D eigenvalue weighted by Crippen LogP contribution is -2.44. The van der Waals surface area contributed by atoms with Gasteiger partial charge >= 0.3 is 5.97 Å². The van der Waals surface area contributed by atoms with E-state index in [0.717, 1.165) is 0 Å². The number of benzene rings is 1. The molecule has 0 heterocycles. The second kappa shape index (κ2) is 3.67. The molecule has 0 radical (unpaired) electrons. The molecule has 4 nitrogen and oxygen atoms in total. The van der Waals surface area contributed by atoms with Crippen molar-refractivity contribution in [2.45, 2.75) is 18.9 Å². The number of phenolic OH excluding ortho intramolecular Hbond substituents is 1. The number of carbonyl (C=O) groups is 1. The van der Waals surface area contributed by atoms with Crippen LogP contribution >= 0.6 is 0 Å². The van der Waals surface area contributed by atoms with E-state index in [2.05, 4.69) is 0 Å². The second-order valence-corrected chi connectivity index (χ2v) is 3.15. The van der Waals surface area contributed by atoms with Crippen molar-refractivity contribution >= 4 is 5.97 Å². The highest BCUT2D eigenvalue weighted by molar-refractivity contribution is 5.81. The fraction of sp³-hybridized carbons (Fsp3) is 0.300. The molecule has 0 fully saturated rings. The maximum Gasteiger partial charge on any atom is 0.328 e. The van der Waals surface area contributed by atoms with Crippen LogP contribution in [0.1, 0.15) is 18.9 Å². The Bertz CT molecular complexity index is 351. The topological polar surface area (TPSA) is 83.6 Å². The fourth-order valence-corrected chi connectivity index (χ4v) is 1.31. The summed E-state index contributed by atoms with van der Waals surface area (Å²) in [6, 6.07) is 6.22. The summed E-state index contributed by atoms with van der Waals surface area (Å²) in [4.78, 5) is 11.0. The Morgan fingerprint density at radius 3 is 2.50 bits per heavy atom. The first-order chi connectivity index (χ1) is 6.52. The van der Waals surface area contributed by atoms with Gasteiger partial charge in [0.2, 0.25) is 0 Å². The summed E-state index contributed by atoms with van der Waals surface area (Å²) in [6.07, 6.45) is 0.222. The maximum absolute atomic E-state index is 11.0. The zero-order valence-electron chi connectivity index (χ0n) is 7.90. The molecule has 0 aliphatic carbocycles. The van der Waals surface area contributed by atoms with Gasteiger partial charge in [-0.05, 0) is 12.5 Å². The van der Waals surface area contributed by atoms with Crippen LogP contribution in [0.25, 0.3) is 0 Å². The van der Waals surface area contributed by atoms with Crippen LogP contribution in [0.5, 0.6) is 5.75 Å². The van der Waals surface area contributed by atoms with E-state index in [-0.39, 0.29) is 17.7 Å². The fourth-order valence-electron chi connectivity index (χ4n) is 1.31. The van der Waals surface area contributed by atoms with Gasteiger partial charge in [0, 0.05) is 5.56 Å². The Morgan fingerprint density at radius 1 is 1.50 bits per heavy atom. The van der Waals surface area contributed by atoms with Gasteiger partial charge in [-0.3, -0.25) is 0 Å². The highest BCUT2D eigenvalue weighted by Gasteiger charge is 2.36. The molecule has 0 aliphatic heterocycles. The predicted octanol–water partition coefficient (Wildman–Crippen LogP) is 1.04. The molecular weight excluding hydrogens is 182 g/mol. The smallest absolute Gasteiger partial charge is 0.328 e. The third-order valence-corrected chi connectivity index (χ3v) is 2.32. The van der Waals surface area contributed by atoms with E-state index in [4.69, 9.17) is 10.8 Å². The van der Waals surface area contributed by atoms with Crippen molar-refractivity contribution < 1.29 is 15.0 Å². The Morgan fingerprint density at radius 2 is 2.07 bits per heavy atom. The molecule has 76 valence electrons. The lowest BCUT2D eigenvalue weighted by Gasteiger charge is -2.24. The maximum atomic E-state index is 11.0. The molecule has 0 saturated carbocycles. The molecule has 4 N–H and O–H groups in total. The van der Waals surface area contributed by atoms with Gasteiger partial charge in [-0.25, -0.2) is 4.79 Å². The van der Waals surface area contributed by atoms with Gasteiger partial charge < -0.3 is 15.9 Å². The van der Waals surface area contributed by atoms with E-state index in [1.165, 1.54) is 12.1 Å². The van der Waals surface area contributed by atoms with Crippen LogP contribution in [-0.2, 0) is 10.3 Å². The normalized spacial score (nSPS) is 14.7. The van der Waals surface area contributed by atoms with Gasteiger partial charge in [-0.1, -0.05) is 25.1 Å². The monoisotopic (exact) mass is 195 g/mol. The van der Waals surface area contributed by atoms with Crippen molar-refractivity contribution in [3.05, 3.63) is 29.8 Å². The molecular formula is C10H13NO3. The van der Waals surface area contributed by atoms with E-state index >= 15 is 0 Å². The Labute approximate surface area is 82.0 Å². The summed E-state index contributed by atoms with van der Waals surface area (Å²) >= 11 is 0. The van der Waals surface area contributed by atoms with E-state index < -0.39 is 11.5 Å². The van der Waals surface area contributed by atoms with E-state index in [1.807, 2.05) is 0 Å². The zero-order chi connectivity index (χ0) is 10.8. The minimum atomic E-state index is -1.51. The first-order valence-electron chi connectivity index (χ1n) is 4.33. The quantitative estimate of drug-likeness (QED) is 0.672. The molecule has 1 aromatic carbocycles. The van der Waals surface area contributed by atoms with Gasteiger partial charge in [-0.2, -0.15) is 0 Å². The SMILES string of the molecule is CC[C@@](N)(C(=O)O)c1ccccc1O. The lowest BCUT2D eigenvalue weighted by atomic mass is 9.88. The number of rotatable bonds is 3. The van der Waals surface area contributed by atoms with Crippen molar-refractivity contribution in [3.63, 3.8) is 0 Å². The minimum Gasteiger partial charge on any atom is -0.508 e. The number of aliphatic carboxylic acids is 1. The molecule has 4 heteroatoms. The van der Waals surface area contributed by atoms with E-state index in [0.29, 0.717) is 0 Å². The lowest BCUT2D eigenvalue weighted by molar-refractivity contribution is -0.144. The van der Waals surface area contributed by atoms with Gasteiger partial charge in [0.15, 0.2) is 0 Å². The largest absolute Gasteiger partial charge is 0.508 e. The molecule has 0 unspecified atom stereocenters. The van der Waals surface area contributed by atoms with Crippen molar-refractivity contribution in [1.29, 1.82) is 0 Å². The zero-order valence-corrected chi connectivity index (χ0v) is 7.90. The number of aromatic hydroxyl groups is 1. The molecule has 0 spiro atoms. The van der Waals surface area contributed by atoms with Crippen molar-refractivity contribution in [2.75, 3.05) is 0 Å². The summed E-state index contributed by atoms with van der Waals surface area (Å²) in [7, 11) is 0. The number of carboxylic acid groups (broad SMARTS) is 1. The van der Waals surface area contributed by atoms with Gasteiger partial charge in [0.1, 0.15) is 11.3 Å². The van der Waals surface area contributed by atoms with Gasteiger partial charge in [0.05, 0.1) is 0 Å². The molecule has 1 rings (SSSR count). The average Bonchev–Trinajstić information content (AvgIpc) is 2.17. The summed E-state index contributed by atoms with van der Waals surface area (Å²) in [5, 5.41) is 18.5. The van der Waals surface area contributed by atoms with Gasteiger partial charge in [-0.15, -0.1) is 0 Å². The molecule has 0 saturated heterocycles. The number of nitrogens with two attached hydrogens (primary N) is 1. The first-order valence-corrected chi connectivity index (χ1v) is 4.33. The van der Waals surface area contributed by atoms with Crippen LogP contribution in [0.4, 0.5) is 0 Å². The molecule has 0 aromatic heterocycles. The van der Waals surface area contributed by atoms with Crippen LogP contribution in [0.15, 0.2) is 24.3 Å². The van der Waals surface area contributed by atoms with Crippen molar-refractivity contribution in [1.82, 2.24) is 0 Å². The highest BCUT2D eigenvalue weighted by Crippen LogP contribution is 2.29. The number of carboxylic acids is 1. The van der Waals surface area contributed by atoms with Crippen LogP contribution in [0.3, 0.4) is 0 Å². The number of hydrogen-bond acceptors (Lipinski definition) is 3. The summed E-state index contributed by atoms with van der Waals surface area (Å²) in [6.45, 7) is 1.67. The van der Waals surface area contributed by atoms with Crippen LogP contribution in [-0.4, -0.2) is 16.2 Å². The van der Waals surface area contributed by atoms with Crippen LogP contribution in [0, 0.1) is 0 Å². The van der Waals surface area contributed by atoms with E-state index in [9.17, 15) is 9.90 Å². The minimum absolute atomic E-state index is 0.0840. The Hall–Kier alpha value is -1.55. The standard InChI is InChI=1S/C10H13NO3/c1-2-10(11,9(13)14)7-5-3-4-6-8(7)12/h3-6,12H,2,11H2,1H3,(H,13,14)/t10-/m0/s1. The number of hydrogen-bond donors (Lipinski definition) is 3. The molecule has 0 aliphatic rings. The third kappa shape index (κ3) is 1.56. The molecule has 0 amide bonds. The average molecular weight is 195 g/mol. The van der Waals surface area contributed by atoms with Crippen LogP contribution < -0.4 is 5.73 Å². The summed E-state index contributed by atoms with van der Waals surface area (Å²) < 4.78 is 0. The third-order valence-electron chi connectivity index (χ3n) is 2.32. The molecule has 14 heavy (non-hydrogen) atoms. The Kier molecular flexibility index (Phi) is 2.76. The van der Waals surface area contributed by atoms with Crippen LogP contribution in [0.2, 0.25) is 0 Å². The van der Waals surface area contributed by atoms with Crippen molar-refractivity contribution in [3.8, 4) is 5.75 Å². The van der Waals surface area contributed by atoms with Crippen molar-refractivity contribution in [2.24, 2.45) is 5.73 Å². The van der Waals surface area contributed by atoms with Gasteiger partial charge in [0.25, 0.3) is 0 Å². The molecule has 0 bridgehead atoms. The second-order valence-electron chi connectivity index (χ2n) is 3.15. The first kappa shape index (κ1) is 10.5. The highest BCUT2D eigenvalue weighted by atomic mass is 16.4. The predicted molar refractivity (Wildman–Crippen MR) is 51.9 cm³/mol. The number of phenols is 1. The summed E-state index contributed by atoms with van der Waals surface area (Å²) in [5.74, 6) is -1.22. The molecule has 1 aromatic rings. The summed E-state index contributed by atoms with van der Waals surface area (Å²) in [5.41, 5.74) is 4.44. The molecule has 1 atom stereocenters. The number of para-hydroxylation sites is 1.